The van der Waals surface area contributed by atoms with Gasteiger partial charge in [-0.2, -0.15) is 0 Å². The first kappa shape index (κ1) is 11.5. The van der Waals surface area contributed by atoms with Crippen LogP contribution < -0.4 is 0 Å². The van der Waals surface area contributed by atoms with Gasteiger partial charge in [-0.05, 0) is 30.1 Å². The first-order chi connectivity index (χ1) is 6.77. The van der Waals surface area contributed by atoms with Crippen molar-refractivity contribution >= 4 is 14.0 Å². The second kappa shape index (κ2) is 5.98. The molecule has 14 heavy (non-hydrogen) atoms. The highest BCUT2D eigenvalue weighted by atomic mass is 31.1. The molecule has 0 amide bonds. The Morgan fingerprint density at radius 2 is 1.71 bits per heavy atom. The molecule has 0 spiro atoms. The van der Waals surface area contributed by atoms with Crippen LogP contribution in [-0.2, 0) is 0 Å². The fraction of sp³-hybridized carbons (Fsp3) is 0.385. The van der Waals surface area contributed by atoms with Crippen LogP contribution in [0.15, 0.2) is 35.6 Å². The first-order valence-corrected chi connectivity index (χ1v) is 6.97. The van der Waals surface area contributed by atoms with E-state index in [1.165, 1.54) is 17.9 Å². The van der Waals surface area contributed by atoms with Crippen molar-refractivity contribution in [3.63, 3.8) is 0 Å². The van der Waals surface area contributed by atoms with Crippen molar-refractivity contribution in [1.29, 1.82) is 0 Å². The molecular weight excluding hydrogens is 187 g/mol. The molecule has 0 fully saturated rings. The molecule has 1 aromatic carbocycles. The van der Waals surface area contributed by atoms with Crippen LogP contribution in [-0.4, -0.2) is 12.3 Å². The van der Waals surface area contributed by atoms with Crippen LogP contribution in [0.2, 0.25) is 0 Å². The fourth-order valence-corrected chi connectivity index (χ4v) is 3.38. The molecule has 0 aromatic heterocycles. The largest absolute Gasteiger partial charge is 0.0806 e. The van der Waals surface area contributed by atoms with E-state index in [9.17, 15) is 0 Å². The average Bonchev–Trinajstić information content (AvgIpc) is 2.21. The number of allylic oxidation sites excluding steroid dienone is 1. The summed E-state index contributed by atoms with van der Waals surface area (Å²) in [6.45, 7) is 6.85. The van der Waals surface area contributed by atoms with Gasteiger partial charge in [-0.3, -0.25) is 0 Å². The maximum absolute atomic E-state index is 2.33. The Balaban J connectivity index is 2.77. The standard InChI is InChI=1S/C13H19P/c1-4-14(5-2)12(3)11-13-9-7-6-8-10-13/h6-11H,4-5H2,1-3H3. The SMILES string of the molecule is CCP(CC)C(C)=Cc1ccccc1. The van der Waals surface area contributed by atoms with E-state index in [2.05, 4.69) is 57.2 Å². The zero-order valence-corrected chi connectivity index (χ0v) is 10.2. The van der Waals surface area contributed by atoms with Crippen LogP contribution in [0, 0.1) is 0 Å². The van der Waals surface area contributed by atoms with Crippen molar-refractivity contribution < 1.29 is 0 Å². The lowest BCUT2D eigenvalue weighted by Gasteiger charge is -2.13. The smallest absolute Gasteiger partial charge is 0.0254 e. The third kappa shape index (κ3) is 3.27. The summed E-state index contributed by atoms with van der Waals surface area (Å²) < 4.78 is 0. The second-order valence-electron chi connectivity index (χ2n) is 3.37. The number of benzene rings is 1. The van der Waals surface area contributed by atoms with Crippen LogP contribution in [0.25, 0.3) is 6.08 Å². The van der Waals surface area contributed by atoms with E-state index >= 15 is 0 Å². The summed E-state index contributed by atoms with van der Waals surface area (Å²) in [5, 5.41) is 1.57. The quantitative estimate of drug-likeness (QED) is 0.633. The topological polar surface area (TPSA) is 0 Å². The molecule has 0 bridgehead atoms. The summed E-state index contributed by atoms with van der Waals surface area (Å²) in [4.78, 5) is 0. The van der Waals surface area contributed by atoms with Crippen molar-refractivity contribution in [1.82, 2.24) is 0 Å². The lowest BCUT2D eigenvalue weighted by atomic mass is 10.2. The number of hydrogen-bond donors (Lipinski definition) is 0. The van der Waals surface area contributed by atoms with Gasteiger partial charge in [0, 0.05) is 0 Å². The lowest BCUT2D eigenvalue weighted by molar-refractivity contribution is 1.40. The highest BCUT2D eigenvalue weighted by Gasteiger charge is 2.03. The first-order valence-electron chi connectivity index (χ1n) is 5.26. The summed E-state index contributed by atoms with van der Waals surface area (Å²) in [6, 6.07) is 10.6. The average molecular weight is 206 g/mol. The van der Waals surface area contributed by atoms with Gasteiger partial charge in [-0.15, -0.1) is 0 Å². The summed E-state index contributed by atoms with van der Waals surface area (Å²) in [6.07, 6.45) is 4.95. The molecule has 0 aliphatic carbocycles. The Morgan fingerprint density at radius 3 is 2.21 bits per heavy atom. The maximum Gasteiger partial charge on any atom is -0.0254 e. The summed E-state index contributed by atoms with van der Waals surface area (Å²) in [7, 11) is 0.120. The van der Waals surface area contributed by atoms with Crippen LogP contribution in [0.4, 0.5) is 0 Å². The molecule has 0 nitrogen and oxygen atoms in total. The molecule has 0 heterocycles. The normalized spacial score (nSPS) is 12.1. The van der Waals surface area contributed by atoms with Gasteiger partial charge in [0.15, 0.2) is 0 Å². The number of hydrogen-bond acceptors (Lipinski definition) is 0. The second-order valence-corrected chi connectivity index (χ2v) is 6.42. The Bertz CT molecular complexity index is 283. The molecule has 0 radical (unpaired) electrons. The zero-order chi connectivity index (χ0) is 10.4. The minimum atomic E-state index is 0.120. The minimum Gasteiger partial charge on any atom is -0.0806 e. The van der Waals surface area contributed by atoms with E-state index in [0.717, 1.165) is 0 Å². The van der Waals surface area contributed by atoms with Gasteiger partial charge in [-0.1, -0.05) is 58.2 Å². The molecule has 1 heteroatoms. The molecule has 0 N–H and O–H groups in total. The summed E-state index contributed by atoms with van der Waals surface area (Å²) in [5.41, 5.74) is 1.33. The van der Waals surface area contributed by atoms with Crippen molar-refractivity contribution in [3.8, 4) is 0 Å². The molecule has 0 aliphatic rings. The molecular formula is C13H19P. The highest BCUT2D eigenvalue weighted by molar-refractivity contribution is 7.62. The van der Waals surface area contributed by atoms with E-state index in [1.54, 1.807) is 5.31 Å². The van der Waals surface area contributed by atoms with Gasteiger partial charge >= 0.3 is 0 Å². The van der Waals surface area contributed by atoms with Gasteiger partial charge in [0.2, 0.25) is 0 Å². The van der Waals surface area contributed by atoms with Gasteiger partial charge in [0.25, 0.3) is 0 Å². The number of rotatable bonds is 4. The molecule has 0 aliphatic heterocycles. The third-order valence-corrected chi connectivity index (χ3v) is 5.09. The van der Waals surface area contributed by atoms with Crippen molar-refractivity contribution in [3.05, 3.63) is 41.2 Å². The summed E-state index contributed by atoms with van der Waals surface area (Å²) in [5.74, 6) is 0. The van der Waals surface area contributed by atoms with E-state index in [1.807, 2.05) is 0 Å². The van der Waals surface area contributed by atoms with Crippen molar-refractivity contribution in [2.45, 2.75) is 20.8 Å². The summed E-state index contributed by atoms with van der Waals surface area (Å²) >= 11 is 0. The van der Waals surface area contributed by atoms with E-state index < -0.39 is 0 Å². The highest BCUT2D eigenvalue weighted by Crippen LogP contribution is 2.44. The van der Waals surface area contributed by atoms with Gasteiger partial charge in [0.1, 0.15) is 0 Å². The van der Waals surface area contributed by atoms with Crippen molar-refractivity contribution in [2.24, 2.45) is 0 Å². The van der Waals surface area contributed by atoms with Gasteiger partial charge < -0.3 is 0 Å². The van der Waals surface area contributed by atoms with Gasteiger partial charge in [0.05, 0.1) is 0 Å². The van der Waals surface area contributed by atoms with Crippen LogP contribution in [0.3, 0.4) is 0 Å². The Kier molecular flexibility index (Phi) is 4.90. The van der Waals surface area contributed by atoms with E-state index in [0.29, 0.717) is 0 Å². The zero-order valence-electron chi connectivity index (χ0n) is 9.33. The Morgan fingerprint density at radius 1 is 1.14 bits per heavy atom. The molecule has 0 saturated carbocycles. The minimum absolute atomic E-state index is 0.120. The lowest BCUT2D eigenvalue weighted by Crippen LogP contribution is -1.84. The van der Waals surface area contributed by atoms with E-state index in [4.69, 9.17) is 0 Å². The molecule has 1 rings (SSSR count). The van der Waals surface area contributed by atoms with Gasteiger partial charge in [-0.25, -0.2) is 0 Å². The third-order valence-electron chi connectivity index (χ3n) is 2.44. The molecule has 76 valence electrons. The maximum atomic E-state index is 2.33. The molecule has 1 aromatic rings. The van der Waals surface area contributed by atoms with Crippen LogP contribution >= 0.6 is 7.92 Å². The monoisotopic (exact) mass is 206 g/mol. The predicted octanol–water partition coefficient (Wildman–Crippen LogP) is 4.57. The van der Waals surface area contributed by atoms with Crippen LogP contribution in [0.5, 0.6) is 0 Å². The van der Waals surface area contributed by atoms with Crippen LogP contribution in [0.1, 0.15) is 26.3 Å². The van der Waals surface area contributed by atoms with E-state index in [-0.39, 0.29) is 7.92 Å². The fourth-order valence-electron chi connectivity index (χ4n) is 1.60. The van der Waals surface area contributed by atoms with Crippen molar-refractivity contribution in [2.75, 3.05) is 12.3 Å². The molecule has 0 saturated heterocycles. The Labute approximate surface area is 88.8 Å². The predicted molar refractivity (Wildman–Crippen MR) is 68.1 cm³/mol. The molecule has 0 unspecified atom stereocenters. The molecule has 0 atom stereocenters. The Hall–Kier alpha value is -0.610.